The number of nitrogens with one attached hydrogen (secondary N) is 2. The SMILES string of the molecule is O=C(NCc1ccc(Cn2cncn2)cc1)c1cccc(NC(=O)[C@@H]2CCCO2)c1. The normalized spacial score (nSPS) is 15.7. The molecule has 0 aliphatic carbocycles. The first-order valence-corrected chi connectivity index (χ1v) is 9.88. The summed E-state index contributed by atoms with van der Waals surface area (Å²) in [6, 6.07) is 14.9. The molecule has 4 rings (SSSR count). The molecule has 0 saturated carbocycles. The van der Waals surface area contributed by atoms with Crippen LogP contribution < -0.4 is 10.6 Å². The first-order valence-electron chi connectivity index (χ1n) is 9.88. The van der Waals surface area contributed by atoms with Gasteiger partial charge in [0.2, 0.25) is 0 Å². The standard InChI is InChI=1S/C22H23N5O3/c28-21(18-3-1-4-19(11-18)26-22(29)20-5-2-10-30-20)24-12-16-6-8-17(9-7-16)13-27-15-23-14-25-27/h1,3-4,6-9,11,14-15,20H,2,5,10,12-13H2,(H,24,28)(H,26,29)/t20-/m0/s1. The van der Waals surface area contributed by atoms with Crippen LogP contribution in [0.5, 0.6) is 0 Å². The molecule has 154 valence electrons. The maximum absolute atomic E-state index is 12.5. The number of benzene rings is 2. The van der Waals surface area contributed by atoms with Crippen molar-refractivity contribution in [1.82, 2.24) is 20.1 Å². The summed E-state index contributed by atoms with van der Waals surface area (Å²) in [6.07, 6.45) is 4.39. The Kier molecular flexibility index (Phi) is 6.14. The Hall–Kier alpha value is -3.52. The molecule has 8 heteroatoms. The lowest BCUT2D eigenvalue weighted by Gasteiger charge is -2.11. The molecule has 1 atom stereocenters. The van der Waals surface area contributed by atoms with Gasteiger partial charge in [-0.2, -0.15) is 5.10 Å². The molecule has 2 N–H and O–H groups in total. The highest BCUT2D eigenvalue weighted by molar-refractivity contribution is 5.98. The lowest BCUT2D eigenvalue weighted by atomic mass is 10.1. The third kappa shape index (κ3) is 5.09. The summed E-state index contributed by atoms with van der Waals surface area (Å²) >= 11 is 0. The predicted octanol–water partition coefficient (Wildman–Crippen LogP) is 2.37. The van der Waals surface area contributed by atoms with Crippen molar-refractivity contribution in [3.63, 3.8) is 0 Å². The molecular formula is C22H23N5O3. The Morgan fingerprint density at radius 2 is 1.97 bits per heavy atom. The van der Waals surface area contributed by atoms with Crippen LogP contribution in [0.1, 0.15) is 34.3 Å². The van der Waals surface area contributed by atoms with E-state index < -0.39 is 6.10 Å². The summed E-state index contributed by atoms with van der Waals surface area (Å²) in [7, 11) is 0. The average Bonchev–Trinajstić information content (AvgIpc) is 3.48. The van der Waals surface area contributed by atoms with Gasteiger partial charge in [-0.3, -0.25) is 9.59 Å². The van der Waals surface area contributed by atoms with Crippen molar-refractivity contribution >= 4 is 17.5 Å². The van der Waals surface area contributed by atoms with Crippen molar-refractivity contribution < 1.29 is 14.3 Å². The van der Waals surface area contributed by atoms with Gasteiger partial charge < -0.3 is 15.4 Å². The van der Waals surface area contributed by atoms with E-state index in [0.29, 0.717) is 30.9 Å². The Morgan fingerprint density at radius 3 is 2.70 bits per heavy atom. The molecule has 2 aromatic carbocycles. The molecule has 0 spiro atoms. The van der Waals surface area contributed by atoms with Gasteiger partial charge in [0.05, 0.1) is 6.54 Å². The molecule has 1 aliphatic rings. The van der Waals surface area contributed by atoms with E-state index in [9.17, 15) is 9.59 Å². The minimum atomic E-state index is -0.407. The van der Waals surface area contributed by atoms with Crippen LogP contribution in [0.3, 0.4) is 0 Å². The minimum absolute atomic E-state index is 0.170. The van der Waals surface area contributed by atoms with Gasteiger partial charge in [0.15, 0.2) is 0 Å². The summed E-state index contributed by atoms with van der Waals surface area (Å²) in [5, 5.41) is 9.82. The molecule has 3 aromatic rings. The van der Waals surface area contributed by atoms with Crippen molar-refractivity contribution in [2.75, 3.05) is 11.9 Å². The second-order valence-electron chi connectivity index (χ2n) is 7.16. The lowest BCUT2D eigenvalue weighted by Crippen LogP contribution is -2.27. The van der Waals surface area contributed by atoms with Crippen LogP contribution in [0.4, 0.5) is 5.69 Å². The van der Waals surface area contributed by atoms with Gasteiger partial charge in [-0.25, -0.2) is 9.67 Å². The quantitative estimate of drug-likeness (QED) is 0.629. The Morgan fingerprint density at radius 1 is 1.13 bits per heavy atom. The van der Waals surface area contributed by atoms with Gasteiger partial charge in [-0.05, 0) is 42.2 Å². The third-order valence-corrected chi connectivity index (χ3v) is 4.90. The number of carbonyl (C=O) groups is 2. The van der Waals surface area contributed by atoms with Gasteiger partial charge in [0, 0.05) is 24.4 Å². The van der Waals surface area contributed by atoms with Gasteiger partial charge in [-0.1, -0.05) is 30.3 Å². The number of nitrogens with zero attached hydrogens (tertiary/aromatic N) is 3. The number of rotatable bonds is 7. The molecule has 1 aromatic heterocycles. The Bertz CT molecular complexity index is 996. The van der Waals surface area contributed by atoms with E-state index >= 15 is 0 Å². The second kappa shape index (κ2) is 9.32. The van der Waals surface area contributed by atoms with Crippen LogP contribution in [0, 0.1) is 0 Å². The average molecular weight is 405 g/mol. The molecule has 8 nitrogen and oxygen atoms in total. The maximum atomic E-state index is 12.5. The number of hydrogen-bond donors (Lipinski definition) is 2. The molecule has 30 heavy (non-hydrogen) atoms. The van der Waals surface area contributed by atoms with Gasteiger partial charge >= 0.3 is 0 Å². The van der Waals surface area contributed by atoms with E-state index in [0.717, 1.165) is 24.0 Å². The molecule has 2 amide bonds. The topological polar surface area (TPSA) is 98.1 Å². The second-order valence-corrected chi connectivity index (χ2v) is 7.16. The molecule has 0 bridgehead atoms. The lowest BCUT2D eigenvalue weighted by molar-refractivity contribution is -0.124. The van der Waals surface area contributed by atoms with E-state index in [2.05, 4.69) is 20.7 Å². The molecule has 2 heterocycles. The van der Waals surface area contributed by atoms with Crippen molar-refractivity contribution in [2.24, 2.45) is 0 Å². The fraction of sp³-hybridized carbons (Fsp3) is 0.273. The fourth-order valence-electron chi connectivity index (χ4n) is 3.29. The smallest absolute Gasteiger partial charge is 0.253 e. The highest BCUT2D eigenvalue weighted by Crippen LogP contribution is 2.16. The van der Waals surface area contributed by atoms with Crippen molar-refractivity contribution in [2.45, 2.75) is 32.0 Å². The molecular weight excluding hydrogens is 382 g/mol. The van der Waals surface area contributed by atoms with Crippen molar-refractivity contribution in [3.8, 4) is 0 Å². The number of amides is 2. The zero-order valence-electron chi connectivity index (χ0n) is 16.5. The third-order valence-electron chi connectivity index (χ3n) is 4.90. The number of anilines is 1. The zero-order chi connectivity index (χ0) is 20.8. The molecule has 1 fully saturated rings. The molecule has 0 radical (unpaired) electrons. The van der Waals surface area contributed by atoms with Gasteiger partial charge in [0.1, 0.15) is 18.8 Å². The van der Waals surface area contributed by atoms with Crippen LogP contribution >= 0.6 is 0 Å². The maximum Gasteiger partial charge on any atom is 0.253 e. The number of carbonyl (C=O) groups excluding carboxylic acids is 2. The van der Waals surface area contributed by atoms with Gasteiger partial charge in [-0.15, -0.1) is 0 Å². The van der Waals surface area contributed by atoms with Crippen LogP contribution in [0.15, 0.2) is 61.2 Å². The van der Waals surface area contributed by atoms with Crippen LogP contribution in [0.25, 0.3) is 0 Å². The number of ether oxygens (including phenoxy) is 1. The minimum Gasteiger partial charge on any atom is -0.368 e. The number of aromatic nitrogens is 3. The fourth-order valence-corrected chi connectivity index (χ4v) is 3.29. The molecule has 0 unspecified atom stereocenters. The van der Waals surface area contributed by atoms with Crippen LogP contribution in [-0.4, -0.2) is 39.3 Å². The highest BCUT2D eigenvalue weighted by atomic mass is 16.5. The van der Waals surface area contributed by atoms with Crippen LogP contribution in [0.2, 0.25) is 0 Å². The predicted molar refractivity (Wildman–Crippen MR) is 111 cm³/mol. The van der Waals surface area contributed by atoms with Crippen LogP contribution in [-0.2, 0) is 22.6 Å². The highest BCUT2D eigenvalue weighted by Gasteiger charge is 2.23. The van der Waals surface area contributed by atoms with E-state index in [1.165, 1.54) is 6.33 Å². The van der Waals surface area contributed by atoms with E-state index in [1.54, 1.807) is 35.3 Å². The summed E-state index contributed by atoms with van der Waals surface area (Å²) in [6.45, 7) is 1.67. The van der Waals surface area contributed by atoms with E-state index in [4.69, 9.17) is 4.74 Å². The summed E-state index contributed by atoms with van der Waals surface area (Å²) in [5.41, 5.74) is 3.17. The Labute approximate surface area is 174 Å². The first-order chi connectivity index (χ1) is 14.7. The van der Waals surface area contributed by atoms with E-state index in [-0.39, 0.29) is 11.8 Å². The largest absolute Gasteiger partial charge is 0.368 e. The van der Waals surface area contributed by atoms with Crippen molar-refractivity contribution in [1.29, 1.82) is 0 Å². The zero-order valence-corrected chi connectivity index (χ0v) is 16.5. The summed E-state index contributed by atoms with van der Waals surface area (Å²) in [4.78, 5) is 28.6. The Balaban J connectivity index is 1.31. The summed E-state index contributed by atoms with van der Waals surface area (Å²) in [5.74, 6) is -0.369. The molecule has 1 aliphatic heterocycles. The van der Waals surface area contributed by atoms with Gasteiger partial charge in [0.25, 0.3) is 11.8 Å². The summed E-state index contributed by atoms with van der Waals surface area (Å²) < 4.78 is 7.14. The first kappa shape index (κ1) is 19.8. The van der Waals surface area contributed by atoms with E-state index in [1.807, 2.05) is 24.3 Å². The molecule has 1 saturated heterocycles. The monoisotopic (exact) mass is 405 g/mol. The number of hydrogen-bond acceptors (Lipinski definition) is 5. The van der Waals surface area contributed by atoms with Crippen molar-refractivity contribution in [3.05, 3.63) is 77.9 Å².